The smallest absolute Gasteiger partial charge is 0.250 e. The molecule has 0 radical (unpaired) electrons. The number of ether oxygens (including phenoxy) is 2. The molecule has 1 spiro atoms. The first kappa shape index (κ1) is 24.5. The van der Waals surface area contributed by atoms with Crippen molar-refractivity contribution in [3.8, 4) is 5.75 Å². The number of hydrogen-bond donors (Lipinski definition) is 3. The summed E-state index contributed by atoms with van der Waals surface area (Å²) in [6.45, 7) is 5.47. The lowest BCUT2D eigenvalue weighted by atomic mass is 9.65. The molecule has 9 heteroatoms. The Labute approximate surface area is 200 Å². The fraction of sp³-hybridized carbons (Fsp3) is 0.640. The minimum absolute atomic E-state index is 0.101. The Morgan fingerprint density at radius 2 is 1.91 bits per heavy atom. The molecule has 3 N–H and O–H groups in total. The van der Waals surface area contributed by atoms with Crippen molar-refractivity contribution in [2.45, 2.75) is 63.3 Å². The summed E-state index contributed by atoms with van der Waals surface area (Å²) in [5.41, 5.74) is -1.34. The van der Waals surface area contributed by atoms with Gasteiger partial charge in [-0.3, -0.25) is 14.4 Å². The number of fused-ring (bicyclic) bond motifs is 1. The number of nitrogens with one attached hydrogen (secondary N) is 2. The summed E-state index contributed by atoms with van der Waals surface area (Å²) < 4.78 is 11.8. The fourth-order valence-electron chi connectivity index (χ4n) is 6.37. The van der Waals surface area contributed by atoms with Crippen LogP contribution in [-0.4, -0.2) is 71.8 Å². The zero-order valence-corrected chi connectivity index (χ0v) is 20.5. The third-order valence-corrected chi connectivity index (χ3v) is 8.07. The maximum absolute atomic E-state index is 14.0. The van der Waals surface area contributed by atoms with E-state index in [1.165, 1.54) is 4.90 Å². The molecule has 3 aliphatic heterocycles. The number of likely N-dealkylation sites (tertiary alicyclic amines) is 1. The summed E-state index contributed by atoms with van der Waals surface area (Å²) in [6, 6.07) is 5.40. The van der Waals surface area contributed by atoms with Gasteiger partial charge in [0.25, 0.3) is 0 Å². The number of benzene rings is 1. The fourth-order valence-corrected chi connectivity index (χ4v) is 6.37. The van der Waals surface area contributed by atoms with E-state index in [-0.39, 0.29) is 30.2 Å². The first-order valence-corrected chi connectivity index (χ1v) is 12.0. The molecule has 4 rings (SSSR count). The van der Waals surface area contributed by atoms with Crippen LogP contribution in [-0.2, 0) is 19.1 Å². The van der Waals surface area contributed by atoms with Crippen LogP contribution in [0.3, 0.4) is 0 Å². The van der Waals surface area contributed by atoms with Crippen molar-refractivity contribution in [1.29, 1.82) is 0 Å². The van der Waals surface area contributed by atoms with Crippen LogP contribution in [0.2, 0.25) is 0 Å². The van der Waals surface area contributed by atoms with Crippen molar-refractivity contribution in [1.82, 2.24) is 10.2 Å². The molecule has 0 aromatic heterocycles. The van der Waals surface area contributed by atoms with Gasteiger partial charge in [-0.15, -0.1) is 0 Å². The van der Waals surface area contributed by atoms with Crippen LogP contribution in [0.15, 0.2) is 24.3 Å². The lowest BCUT2D eigenvalue weighted by Crippen LogP contribution is -2.57. The van der Waals surface area contributed by atoms with Gasteiger partial charge in [0.1, 0.15) is 17.4 Å². The largest absolute Gasteiger partial charge is 0.497 e. The van der Waals surface area contributed by atoms with E-state index >= 15 is 0 Å². The Kier molecular flexibility index (Phi) is 6.37. The summed E-state index contributed by atoms with van der Waals surface area (Å²) in [5, 5.41) is 15.8. The maximum Gasteiger partial charge on any atom is 0.250 e. The quantitative estimate of drug-likeness (QED) is 0.528. The number of amides is 3. The lowest BCUT2D eigenvalue weighted by molar-refractivity contribution is -0.150. The Bertz CT molecular complexity index is 966. The molecule has 0 aliphatic carbocycles. The summed E-state index contributed by atoms with van der Waals surface area (Å²) in [6.07, 6.45) is 1.66. The van der Waals surface area contributed by atoms with E-state index in [1.54, 1.807) is 38.4 Å². The van der Waals surface area contributed by atoms with Gasteiger partial charge in [-0.2, -0.15) is 0 Å². The average Bonchev–Trinajstić information content (AvgIpc) is 3.43. The summed E-state index contributed by atoms with van der Waals surface area (Å²) in [5.74, 6) is -1.84. The SMILES string of the molecule is CC[C@@]12CCC3(O1)C(C(=O)Nc1ccc(OC)cc1)N([C@@H](CO)C(C)C)C(=O)[C@@H]3[C@@H]2C(=O)NC. The van der Waals surface area contributed by atoms with Crippen LogP contribution >= 0.6 is 0 Å². The van der Waals surface area contributed by atoms with Gasteiger partial charge in [0.05, 0.1) is 37.2 Å². The van der Waals surface area contributed by atoms with Crippen molar-refractivity contribution >= 4 is 23.4 Å². The first-order chi connectivity index (χ1) is 16.2. The first-order valence-electron chi connectivity index (χ1n) is 12.0. The maximum atomic E-state index is 14.0. The number of carbonyl (C=O) groups excluding carboxylic acids is 3. The number of nitrogens with zero attached hydrogens (tertiary/aromatic N) is 1. The second kappa shape index (κ2) is 8.85. The molecule has 3 aliphatic rings. The molecular weight excluding hydrogens is 438 g/mol. The van der Waals surface area contributed by atoms with Crippen LogP contribution < -0.4 is 15.4 Å². The van der Waals surface area contributed by atoms with Crippen molar-refractivity contribution < 1.29 is 29.0 Å². The summed E-state index contributed by atoms with van der Waals surface area (Å²) >= 11 is 0. The van der Waals surface area contributed by atoms with Crippen LogP contribution in [0.5, 0.6) is 5.75 Å². The number of aliphatic hydroxyl groups is 1. The molecule has 1 aromatic carbocycles. The Morgan fingerprint density at radius 1 is 1.24 bits per heavy atom. The van der Waals surface area contributed by atoms with Gasteiger partial charge >= 0.3 is 0 Å². The van der Waals surface area contributed by atoms with E-state index in [0.29, 0.717) is 30.7 Å². The molecule has 9 nitrogen and oxygen atoms in total. The average molecular weight is 474 g/mol. The molecule has 3 heterocycles. The van der Waals surface area contributed by atoms with Gasteiger partial charge < -0.3 is 30.1 Å². The normalized spacial score (nSPS) is 32.6. The van der Waals surface area contributed by atoms with E-state index < -0.39 is 35.1 Å². The standard InChI is InChI=1S/C25H35N3O6/c1-6-24-11-12-25(34-24)19(18(24)21(30)26-4)23(32)28(17(13-29)14(2)3)20(25)22(31)27-15-7-9-16(33-5)10-8-15/h7-10,14,17-20,29H,6,11-13H2,1-5H3,(H,26,30)(H,27,31)/t17-,18+,19-,20?,24-,25?/m0/s1. The molecule has 2 unspecified atom stereocenters. The van der Waals surface area contributed by atoms with Crippen LogP contribution in [0.25, 0.3) is 0 Å². The predicted octanol–water partition coefficient (Wildman–Crippen LogP) is 1.55. The summed E-state index contributed by atoms with van der Waals surface area (Å²) in [7, 11) is 3.12. The molecule has 6 atom stereocenters. The van der Waals surface area contributed by atoms with E-state index in [9.17, 15) is 19.5 Å². The Morgan fingerprint density at radius 3 is 2.44 bits per heavy atom. The number of anilines is 1. The van der Waals surface area contributed by atoms with Crippen LogP contribution in [0, 0.1) is 17.8 Å². The molecule has 34 heavy (non-hydrogen) atoms. The van der Waals surface area contributed by atoms with Gasteiger partial charge in [-0.05, 0) is 49.4 Å². The van der Waals surface area contributed by atoms with Crippen molar-refractivity contribution in [3.63, 3.8) is 0 Å². The molecule has 186 valence electrons. The third-order valence-electron chi connectivity index (χ3n) is 8.07. The van der Waals surface area contributed by atoms with Gasteiger partial charge in [0.15, 0.2) is 0 Å². The number of rotatable bonds is 8. The molecule has 0 saturated carbocycles. The number of aliphatic hydroxyl groups excluding tert-OH is 1. The highest BCUT2D eigenvalue weighted by molar-refractivity contribution is 6.04. The van der Waals surface area contributed by atoms with Crippen LogP contribution in [0.1, 0.15) is 40.0 Å². The highest BCUT2D eigenvalue weighted by Gasteiger charge is 2.79. The third kappa shape index (κ3) is 3.40. The number of methoxy groups -OCH3 is 1. The van der Waals surface area contributed by atoms with Gasteiger partial charge in [-0.1, -0.05) is 20.8 Å². The highest BCUT2D eigenvalue weighted by atomic mass is 16.5. The second-order valence-corrected chi connectivity index (χ2v) is 9.90. The van der Waals surface area contributed by atoms with Crippen molar-refractivity contribution in [2.75, 3.05) is 26.1 Å². The molecule has 1 aromatic rings. The van der Waals surface area contributed by atoms with Gasteiger partial charge in [0, 0.05) is 12.7 Å². The van der Waals surface area contributed by atoms with Crippen molar-refractivity contribution in [2.24, 2.45) is 17.8 Å². The monoisotopic (exact) mass is 473 g/mol. The van der Waals surface area contributed by atoms with E-state index in [4.69, 9.17) is 9.47 Å². The molecule has 3 saturated heterocycles. The van der Waals surface area contributed by atoms with Crippen LogP contribution in [0.4, 0.5) is 5.69 Å². The molecule has 3 fully saturated rings. The zero-order chi connectivity index (χ0) is 24.8. The zero-order valence-electron chi connectivity index (χ0n) is 20.5. The second-order valence-electron chi connectivity index (χ2n) is 9.90. The van der Waals surface area contributed by atoms with E-state index in [1.807, 2.05) is 20.8 Å². The molecule has 2 bridgehead atoms. The molecule has 3 amide bonds. The van der Waals surface area contributed by atoms with Gasteiger partial charge in [-0.25, -0.2) is 0 Å². The minimum atomic E-state index is -1.12. The molecular formula is C25H35N3O6. The van der Waals surface area contributed by atoms with Crippen molar-refractivity contribution in [3.05, 3.63) is 24.3 Å². The summed E-state index contributed by atoms with van der Waals surface area (Å²) in [4.78, 5) is 42.3. The Hall–Kier alpha value is -2.65. The minimum Gasteiger partial charge on any atom is -0.497 e. The highest BCUT2D eigenvalue weighted by Crippen LogP contribution is 2.64. The topological polar surface area (TPSA) is 117 Å². The lowest BCUT2D eigenvalue weighted by Gasteiger charge is -2.38. The van der Waals surface area contributed by atoms with Gasteiger partial charge in [0.2, 0.25) is 17.7 Å². The Balaban J connectivity index is 1.78. The van der Waals surface area contributed by atoms with E-state index in [0.717, 1.165) is 0 Å². The number of hydrogen-bond acceptors (Lipinski definition) is 6. The number of carbonyl (C=O) groups is 3. The van der Waals surface area contributed by atoms with E-state index in [2.05, 4.69) is 10.6 Å². The predicted molar refractivity (Wildman–Crippen MR) is 125 cm³/mol.